The predicted octanol–water partition coefficient (Wildman–Crippen LogP) is 4.22. The number of unbranched alkanes of at least 4 members (excludes halogenated alkanes) is 1. The number of aromatic nitrogens is 3. The molecular weight excluding hydrogens is 306 g/mol. The molecule has 0 atom stereocenters. The molecule has 0 spiro atoms. The lowest BCUT2D eigenvalue weighted by molar-refractivity contribution is 0.275. The van der Waals surface area contributed by atoms with Crippen LogP contribution in [0.2, 0.25) is 0 Å². The van der Waals surface area contributed by atoms with Crippen LogP contribution >= 0.6 is 11.3 Å². The number of aliphatic hydroxyl groups excluding tert-OH is 1. The zero-order valence-electron chi connectivity index (χ0n) is 14.2. The molecule has 0 fully saturated rings. The maximum atomic E-state index is 9.89. The van der Waals surface area contributed by atoms with E-state index in [4.69, 9.17) is 4.98 Å². The first-order valence-electron chi connectivity index (χ1n) is 8.11. The molecule has 3 aromatic rings. The lowest BCUT2D eigenvalue weighted by atomic mass is 9.96. The second-order valence-corrected chi connectivity index (χ2v) is 7.17. The third kappa shape index (κ3) is 2.91. The summed E-state index contributed by atoms with van der Waals surface area (Å²) in [6, 6.07) is 4.33. The van der Waals surface area contributed by atoms with Crippen LogP contribution in [0, 0.1) is 20.8 Å². The van der Waals surface area contributed by atoms with Gasteiger partial charge in [-0.05, 0) is 38.3 Å². The lowest BCUT2D eigenvalue weighted by Gasteiger charge is -2.10. The summed E-state index contributed by atoms with van der Waals surface area (Å²) >= 11 is 1.63. The Morgan fingerprint density at radius 2 is 1.87 bits per heavy atom. The molecule has 1 N–H and O–H groups in total. The van der Waals surface area contributed by atoms with Crippen LogP contribution in [0.1, 0.15) is 47.2 Å². The summed E-state index contributed by atoms with van der Waals surface area (Å²) in [6.07, 6.45) is 3.27. The molecule has 0 saturated carbocycles. The molecule has 3 rings (SSSR count). The summed E-state index contributed by atoms with van der Waals surface area (Å²) < 4.78 is 1.82. The van der Waals surface area contributed by atoms with Crippen LogP contribution in [0.3, 0.4) is 0 Å². The molecule has 0 amide bonds. The van der Waals surface area contributed by atoms with E-state index >= 15 is 0 Å². The van der Waals surface area contributed by atoms with E-state index < -0.39 is 0 Å². The van der Waals surface area contributed by atoms with Crippen LogP contribution in [-0.4, -0.2) is 19.7 Å². The van der Waals surface area contributed by atoms with Crippen molar-refractivity contribution < 1.29 is 5.11 Å². The fourth-order valence-corrected chi connectivity index (χ4v) is 4.11. The number of aliphatic hydroxyl groups is 1. The van der Waals surface area contributed by atoms with Crippen molar-refractivity contribution >= 4 is 16.3 Å². The molecule has 2 aromatic heterocycles. The molecule has 0 aliphatic carbocycles. The van der Waals surface area contributed by atoms with Crippen molar-refractivity contribution in [3.05, 3.63) is 39.5 Å². The van der Waals surface area contributed by atoms with E-state index in [9.17, 15) is 5.11 Å². The normalized spacial score (nSPS) is 11.5. The number of fused-ring (bicyclic) bond motifs is 1. The van der Waals surface area contributed by atoms with E-state index in [0.29, 0.717) is 0 Å². The van der Waals surface area contributed by atoms with E-state index in [0.717, 1.165) is 46.2 Å². The van der Waals surface area contributed by atoms with Gasteiger partial charge in [0.25, 0.3) is 0 Å². The summed E-state index contributed by atoms with van der Waals surface area (Å²) in [4.78, 5) is 5.66. The van der Waals surface area contributed by atoms with E-state index in [2.05, 4.69) is 44.9 Å². The van der Waals surface area contributed by atoms with Gasteiger partial charge in [-0.1, -0.05) is 42.4 Å². The number of nitrogens with zero attached hydrogens (tertiary/aromatic N) is 3. The Morgan fingerprint density at radius 3 is 2.48 bits per heavy atom. The Bertz CT molecular complexity index is 824. The van der Waals surface area contributed by atoms with Crippen molar-refractivity contribution in [3.63, 3.8) is 0 Å². The summed E-state index contributed by atoms with van der Waals surface area (Å²) in [5.41, 5.74) is 6.39. The highest BCUT2D eigenvalue weighted by atomic mass is 32.1. The average Bonchev–Trinajstić information content (AvgIpc) is 3.01. The molecule has 23 heavy (non-hydrogen) atoms. The zero-order valence-corrected chi connectivity index (χ0v) is 15.0. The second kappa shape index (κ2) is 6.42. The molecule has 0 unspecified atom stereocenters. The molecule has 1 aromatic carbocycles. The van der Waals surface area contributed by atoms with Crippen molar-refractivity contribution in [2.24, 2.45) is 0 Å². The highest BCUT2D eigenvalue weighted by molar-refractivity contribution is 7.16. The predicted molar refractivity (Wildman–Crippen MR) is 95.0 cm³/mol. The summed E-state index contributed by atoms with van der Waals surface area (Å²) in [7, 11) is 0. The fourth-order valence-electron chi connectivity index (χ4n) is 3.15. The van der Waals surface area contributed by atoms with E-state index in [1.165, 1.54) is 16.7 Å². The van der Waals surface area contributed by atoms with Crippen molar-refractivity contribution in [3.8, 4) is 11.3 Å². The number of benzene rings is 1. The molecule has 4 nitrogen and oxygen atoms in total. The zero-order chi connectivity index (χ0) is 16.6. The smallest absolute Gasteiger partial charge is 0.213 e. The van der Waals surface area contributed by atoms with E-state index in [1.807, 2.05) is 4.52 Å². The van der Waals surface area contributed by atoms with Crippen LogP contribution in [0.15, 0.2) is 12.1 Å². The van der Waals surface area contributed by atoms with Crippen LogP contribution in [0.4, 0.5) is 0 Å². The lowest BCUT2D eigenvalue weighted by Crippen LogP contribution is -1.99. The van der Waals surface area contributed by atoms with Crippen LogP contribution in [-0.2, 0) is 13.0 Å². The summed E-state index contributed by atoms with van der Waals surface area (Å²) in [5, 5.41) is 15.6. The summed E-state index contributed by atoms with van der Waals surface area (Å²) in [5.74, 6) is 0. The standard InChI is InChI=1S/C18H23N3OS/c1-5-6-7-15-20-21-14(10-22)17(19-18(21)23-15)16-12(3)8-11(2)9-13(16)4/h8-9,22H,5-7,10H2,1-4H3. The van der Waals surface area contributed by atoms with Gasteiger partial charge in [-0.2, -0.15) is 5.10 Å². The van der Waals surface area contributed by atoms with Crippen molar-refractivity contribution in [2.75, 3.05) is 0 Å². The molecule has 0 aliphatic rings. The van der Waals surface area contributed by atoms with Crippen molar-refractivity contribution in [1.29, 1.82) is 0 Å². The topological polar surface area (TPSA) is 50.4 Å². The van der Waals surface area contributed by atoms with Gasteiger partial charge in [0.05, 0.1) is 18.0 Å². The van der Waals surface area contributed by atoms with Gasteiger partial charge in [-0.3, -0.25) is 0 Å². The maximum Gasteiger partial charge on any atom is 0.213 e. The Morgan fingerprint density at radius 1 is 1.17 bits per heavy atom. The molecule has 0 bridgehead atoms. The first-order chi connectivity index (χ1) is 11.0. The van der Waals surface area contributed by atoms with Gasteiger partial charge in [-0.15, -0.1) is 0 Å². The minimum absolute atomic E-state index is 0.0553. The van der Waals surface area contributed by atoms with Crippen LogP contribution in [0.25, 0.3) is 16.2 Å². The number of rotatable bonds is 5. The van der Waals surface area contributed by atoms with Gasteiger partial charge in [0.15, 0.2) is 0 Å². The molecule has 0 aliphatic heterocycles. The first-order valence-corrected chi connectivity index (χ1v) is 8.93. The van der Waals surface area contributed by atoms with Crippen molar-refractivity contribution in [2.45, 2.75) is 53.6 Å². The molecule has 122 valence electrons. The van der Waals surface area contributed by atoms with Crippen LogP contribution in [0.5, 0.6) is 0 Å². The van der Waals surface area contributed by atoms with Gasteiger partial charge >= 0.3 is 0 Å². The Balaban J connectivity index is 2.13. The van der Waals surface area contributed by atoms with Gasteiger partial charge < -0.3 is 5.11 Å². The monoisotopic (exact) mass is 329 g/mol. The Hall–Kier alpha value is -1.72. The minimum atomic E-state index is -0.0553. The van der Waals surface area contributed by atoms with Gasteiger partial charge in [-0.25, -0.2) is 9.50 Å². The molecule has 0 saturated heterocycles. The van der Waals surface area contributed by atoms with Gasteiger partial charge in [0, 0.05) is 12.0 Å². The average molecular weight is 329 g/mol. The summed E-state index contributed by atoms with van der Waals surface area (Å²) in [6.45, 7) is 8.43. The fraction of sp³-hybridized carbons (Fsp3) is 0.444. The number of hydrogen-bond acceptors (Lipinski definition) is 4. The van der Waals surface area contributed by atoms with Gasteiger partial charge in [0.1, 0.15) is 5.01 Å². The Labute approximate surface area is 140 Å². The van der Waals surface area contributed by atoms with Crippen LogP contribution < -0.4 is 0 Å². The quantitative estimate of drug-likeness (QED) is 0.762. The minimum Gasteiger partial charge on any atom is -0.390 e. The molecule has 0 radical (unpaired) electrons. The van der Waals surface area contributed by atoms with Gasteiger partial charge in [0.2, 0.25) is 4.96 Å². The molecule has 2 heterocycles. The largest absolute Gasteiger partial charge is 0.390 e. The molecular formula is C18H23N3OS. The second-order valence-electron chi connectivity index (χ2n) is 6.13. The highest BCUT2D eigenvalue weighted by Crippen LogP contribution is 2.32. The number of hydrogen-bond donors (Lipinski definition) is 1. The third-order valence-corrected chi connectivity index (χ3v) is 5.11. The van der Waals surface area contributed by atoms with Crippen molar-refractivity contribution in [1.82, 2.24) is 14.6 Å². The Kier molecular flexibility index (Phi) is 4.50. The number of imidazole rings is 1. The molecule has 5 heteroatoms. The maximum absolute atomic E-state index is 9.89. The van der Waals surface area contributed by atoms with E-state index in [-0.39, 0.29) is 6.61 Å². The van der Waals surface area contributed by atoms with E-state index in [1.54, 1.807) is 11.3 Å². The third-order valence-electron chi connectivity index (χ3n) is 4.15. The SMILES string of the molecule is CCCCc1nn2c(CO)c(-c3c(C)cc(C)cc3C)nc2s1. The number of aryl methyl sites for hydroxylation is 4. The highest BCUT2D eigenvalue weighted by Gasteiger charge is 2.20. The first kappa shape index (κ1) is 16.1.